The quantitative estimate of drug-likeness (QED) is 0.695. The molecular formula is C24H28FN5O3. The molecule has 1 saturated heterocycles. The van der Waals surface area contributed by atoms with Crippen molar-refractivity contribution in [3.8, 4) is 0 Å². The van der Waals surface area contributed by atoms with Crippen molar-refractivity contribution >= 4 is 29.2 Å². The molecule has 3 amide bonds. The zero-order valence-electron chi connectivity index (χ0n) is 19.0. The Bertz CT molecular complexity index is 1100. The fraction of sp³-hybridized carbons (Fsp3) is 0.417. The molecule has 2 heterocycles. The second kappa shape index (κ2) is 8.46. The molecule has 1 aromatic heterocycles. The van der Waals surface area contributed by atoms with Gasteiger partial charge in [0.15, 0.2) is 0 Å². The lowest BCUT2D eigenvalue weighted by molar-refractivity contribution is -0.153. The van der Waals surface area contributed by atoms with E-state index in [2.05, 4.69) is 10.3 Å². The predicted molar refractivity (Wildman–Crippen MR) is 121 cm³/mol. The highest BCUT2D eigenvalue weighted by Gasteiger charge is 2.50. The summed E-state index contributed by atoms with van der Waals surface area (Å²) in [4.78, 5) is 46.4. The number of piperazine rings is 1. The van der Waals surface area contributed by atoms with Crippen molar-refractivity contribution in [3.63, 3.8) is 0 Å². The number of hydrogen-bond donors (Lipinski definition) is 2. The van der Waals surface area contributed by atoms with E-state index in [1.54, 1.807) is 30.0 Å². The van der Waals surface area contributed by atoms with Gasteiger partial charge in [-0.3, -0.25) is 14.4 Å². The van der Waals surface area contributed by atoms with Gasteiger partial charge in [-0.25, -0.2) is 9.37 Å². The molecule has 0 unspecified atom stereocenters. The van der Waals surface area contributed by atoms with Gasteiger partial charge in [0, 0.05) is 24.5 Å². The SMILES string of the molecule is Cc1cc(NC(=O)C(=O)N2C[C@H](C)N(C(=O)C3(C)CC3)C[C@H]2c2ccc(F)cc2)cnc1N. The van der Waals surface area contributed by atoms with Crippen molar-refractivity contribution in [2.24, 2.45) is 5.41 Å². The van der Waals surface area contributed by atoms with Crippen molar-refractivity contribution in [2.45, 2.75) is 45.7 Å². The zero-order valence-corrected chi connectivity index (χ0v) is 19.0. The minimum Gasteiger partial charge on any atom is -0.383 e. The Kier molecular flexibility index (Phi) is 5.82. The number of carbonyl (C=O) groups excluding carboxylic acids is 3. The molecule has 9 heteroatoms. The number of amides is 3. The van der Waals surface area contributed by atoms with Gasteiger partial charge < -0.3 is 20.9 Å². The van der Waals surface area contributed by atoms with E-state index in [4.69, 9.17) is 5.73 Å². The number of aromatic nitrogens is 1. The molecule has 2 aliphatic rings. The molecular weight excluding hydrogens is 425 g/mol. The molecule has 2 aromatic rings. The van der Waals surface area contributed by atoms with Gasteiger partial charge in [-0.2, -0.15) is 0 Å². The zero-order chi connectivity index (χ0) is 23.9. The van der Waals surface area contributed by atoms with Crippen molar-refractivity contribution in [1.29, 1.82) is 0 Å². The molecule has 8 nitrogen and oxygen atoms in total. The summed E-state index contributed by atoms with van der Waals surface area (Å²) in [6.45, 7) is 6.00. The van der Waals surface area contributed by atoms with E-state index < -0.39 is 23.7 Å². The molecule has 0 radical (unpaired) electrons. The van der Waals surface area contributed by atoms with Crippen molar-refractivity contribution in [2.75, 3.05) is 24.1 Å². The third-order valence-corrected chi connectivity index (χ3v) is 6.60. The molecule has 3 N–H and O–H groups in total. The standard InChI is InChI=1S/C24H28FN5O3/c1-14-10-18(11-27-20(14)26)28-21(31)22(32)30-12-15(2)29(23(33)24(3)8-9-24)13-19(30)16-4-6-17(25)7-5-16/h4-7,10-11,15,19H,8-9,12-13H2,1-3H3,(H2,26,27)(H,28,31)/t15-,19-/m0/s1. The second-order valence-corrected chi connectivity index (χ2v) is 9.27. The normalized spacial score (nSPS) is 21.5. The average Bonchev–Trinajstić information content (AvgIpc) is 3.54. The molecule has 1 aliphatic heterocycles. The molecule has 4 rings (SSSR count). The number of rotatable bonds is 3. The minimum atomic E-state index is -0.811. The number of halogens is 1. The molecule has 0 spiro atoms. The van der Waals surface area contributed by atoms with Crippen LogP contribution in [0.2, 0.25) is 0 Å². The first-order chi connectivity index (χ1) is 15.6. The minimum absolute atomic E-state index is 0.0575. The van der Waals surface area contributed by atoms with Gasteiger partial charge >= 0.3 is 11.8 Å². The van der Waals surface area contributed by atoms with Gasteiger partial charge in [0.25, 0.3) is 0 Å². The number of carbonyl (C=O) groups is 3. The summed E-state index contributed by atoms with van der Waals surface area (Å²) in [5, 5.41) is 2.58. The predicted octanol–water partition coefficient (Wildman–Crippen LogP) is 2.65. The number of benzene rings is 1. The molecule has 1 aliphatic carbocycles. The Hall–Kier alpha value is -3.49. The Morgan fingerprint density at radius 1 is 1.15 bits per heavy atom. The highest BCUT2D eigenvalue weighted by molar-refractivity contribution is 6.39. The van der Waals surface area contributed by atoms with Gasteiger partial charge in [0.2, 0.25) is 5.91 Å². The van der Waals surface area contributed by atoms with Crippen molar-refractivity contribution in [1.82, 2.24) is 14.8 Å². The van der Waals surface area contributed by atoms with Crippen LogP contribution in [0.5, 0.6) is 0 Å². The number of nitrogens with zero attached hydrogens (tertiary/aromatic N) is 3. The van der Waals surface area contributed by atoms with Crippen LogP contribution in [0.15, 0.2) is 36.5 Å². The topological polar surface area (TPSA) is 109 Å². The average molecular weight is 454 g/mol. The number of nitrogen functional groups attached to an aromatic ring is 1. The lowest BCUT2D eigenvalue weighted by Crippen LogP contribution is -2.59. The lowest BCUT2D eigenvalue weighted by Gasteiger charge is -2.46. The fourth-order valence-electron chi connectivity index (χ4n) is 4.17. The maximum Gasteiger partial charge on any atom is 0.313 e. The first kappa shape index (κ1) is 22.7. The fourth-order valence-corrected chi connectivity index (χ4v) is 4.17. The van der Waals surface area contributed by atoms with Gasteiger partial charge in [-0.1, -0.05) is 19.1 Å². The summed E-state index contributed by atoms with van der Waals surface area (Å²) in [6, 6.07) is 6.61. The number of pyridine rings is 1. The third kappa shape index (κ3) is 4.53. The molecule has 1 saturated carbocycles. The van der Waals surface area contributed by atoms with E-state index >= 15 is 0 Å². The van der Waals surface area contributed by atoms with Crippen LogP contribution in [0.3, 0.4) is 0 Å². The molecule has 174 valence electrons. The van der Waals surface area contributed by atoms with Crippen LogP contribution < -0.4 is 11.1 Å². The van der Waals surface area contributed by atoms with Crippen LogP contribution >= 0.6 is 0 Å². The van der Waals surface area contributed by atoms with Crippen LogP contribution in [0.4, 0.5) is 15.9 Å². The molecule has 2 atom stereocenters. The summed E-state index contributed by atoms with van der Waals surface area (Å²) < 4.78 is 13.5. The summed E-state index contributed by atoms with van der Waals surface area (Å²) in [5.41, 5.74) is 7.07. The first-order valence-electron chi connectivity index (χ1n) is 11.0. The molecule has 2 fully saturated rings. The van der Waals surface area contributed by atoms with Gasteiger partial charge in [-0.15, -0.1) is 0 Å². The highest BCUT2D eigenvalue weighted by Crippen LogP contribution is 2.47. The van der Waals surface area contributed by atoms with E-state index in [0.29, 0.717) is 22.6 Å². The van der Waals surface area contributed by atoms with Crippen LogP contribution in [-0.2, 0) is 14.4 Å². The van der Waals surface area contributed by atoms with E-state index in [1.165, 1.54) is 23.2 Å². The number of nitrogens with two attached hydrogens (primary N) is 1. The monoisotopic (exact) mass is 453 g/mol. The highest BCUT2D eigenvalue weighted by atomic mass is 19.1. The van der Waals surface area contributed by atoms with Crippen LogP contribution in [0.1, 0.15) is 43.9 Å². The maximum atomic E-state index is 13.5. The summed E-state index contributed by atoms with van der Waals surface area (Å²) in [6.07, 6.45) is 3.08. The lowest BCUT2D eigenvalue weighted by atomic mass is 9.97. The largest absolute Gasteiger partial charge is 0.383 e. The van der Waals surface area contributed by atoms with E-state index in [9.17, 15) is 18.8 Å². The third-order valence-electron chi connectivity index (χ3n) is 6.60. The van der Waals surface area contributed by atoms with Crippen LogP contribution in [0, 0.1) is 18.2 Å². The van der Waals surface area contributed by atoms with Crippen molar-refractivity contribution in [3.05, 3.63) is 53.5 Å². The second-order valence-electron chi connectivity index (χ2n) is 9.27. The van der Waals surface area contributed by atoms with Crippen molar-refractivity contribution < 1.29 is 18.8 Å². The first-order valence-corrected chi connectivity index (χ1v) is 11.0. The number of nitrogens with one attached hydrogen (secondary N) is 1. The summed E-state index contributed by atoms with van der Waals surface area (Å²) >= 11 is 0. The molecule has 33 heavy (non-hydrogen) atoms. The molecule has 0 bridgehead atoms. The van der Waals surface area contributed by atoms with Gasteiger partial charge in [-0.05, 0) is 56.0 Å². The Labute approximate surface area is 192 Å². The maximum absolute atomic E-state index is 13.5. The Morgan fingerprint density at radius 2 is 1.82 bits per heavy atom. The number of hydrogen-bond acceptors (Lipinski definition) is 5. The van der Waals surface area contributed by atoms with Gasteiger partial charge in [0.05, 0.1) is 17.9 Å². The molecule has 1 aromatic carbocycles. The van der Waals surface area contributed by atoms with E-state index in [1.807, 2.05) is 13.8 Å². The van der Waals surface area contributed by atoms with E-state index in [0.717, 1.165) is 12.8 Å². The van der Waals surface area contributed by atoms with Crippen LogP contribution in [-0.4, -0.2) is 51.6 Å². The van der Waals surface area contributed by atoms with E-state index in [-0.39, 0.29) is 30.5 Å². The summed E-state index contributed by atoms with van der Waals surface area (Å²) in [7, 11) is 0. The summed E-state index contributed by atoms with van der Waals surface area (Å²) in [5.74, 6) is -1.54. The smallest absolute Gasteiger partial charge is 0.313 e. The van der Waals surface area contributed by atoms with Crippen LogP contribution in [0.25, 0.3) is 0 Å². The van der Waals surface area contributed by atoms with Gasteiger partial charge in [0.1, 0.15) is 11.6 Å². The number of anilines is 2. The Balaban J connectivity index is 1.59. The number of aryl methyl sites for hydroxylation is 1. The Morgan fingerprint density at radius 3 is 2.42 bits per heavy atom.